The van der Waals surface area contributed by atoms with Gasteiger partial charge in [0.15, 0.2) is 11.5 Å². The topological polar surface area (TPSA) is 83.8 Å². The first kappa shape index (κ1) is 19.3. The Morgan fingerprint density at radius 2 is 1.72 bits per heavy atom. The molecule has 0 spiro atoms. The Morgan fingerprint density at radius 1 is 1.00 bits per heavy atom. The molecular weight excluding hydrogens is 340 g/mol. The number of aromatic hydroxyl groups is 1. The number of benzene rings is 2. The van der Waals surface area contributed by atoms with Crippen LogP contribution in [0.2, 0.25) is 0 Å². The zero-order chi connectivity index (χ0) is 18.3. The Kier molecular flexibility index (Phi) is 6.84. The minimum absolute atomic E-state index is 0.00307. The highest BCUT2D eigenvalue weighted by molar-refractivity contribution is 7.85. The Hall–Kier alpha value is -2.05. The third-order valence-corrected chi connectivity index (χ3v) is 4.80. The molecule has 5 nitrogen and oxygen atoms in total. The molecule has 0 unspecified atom stereocenters. The molecule has 2 aromatic rings. The molecule has 0 bridgehead atoms. The lowest BCUT2D eigenvalue weighted by atomic mass is 10.0. The van der Waals surface area contributed by atoms with Gasteiger partial charge in [0, 0.05) is 6.07 Å². The van der Waals surface area contributed by atoms with Gasteiger partial charge in [0.1, 0.15) is 5.75 Å². The number of para-hydroxylation sites is 1. The quantitative estimate of drug-likeness (QED) is 0.486. The Bertz CT molecular complexity index is 799. The van der Waals surface area contributed by atoms with E-state index in [-0.39, 0.29) is 16.4 Å². The highest BCUT2D eigenvalue weighted by atomic mass is 32.2. The minimum Gasteiger partial charge on any atom is -0.504 e. The van der Waals surface area contributed by atoms with Gasteiger partial charge in [0.05, 0.1) is 4.90 Å². The second kappa shape index (κ2) is 8.87. The lowest BCUT2D eigenvalue weighted by Crippen LogP contribution is -1.99. The Balaban J connectivity index is 2.16. The summed E-state index contributed by atoms with van der Waals surface area (Å²) in [6.07, 6.45) is 6.45. The molecule has 2 N–H and O–H groups in total. The van der Waals surface area contributed by atoms with Gasteiger partial charge in [-0.25, -0.2) is 0 Å². The average molecular weight is 364 g/mol. The van der Waals surface area contributed by atoms with Crippen LogP contribution in [0, 0.1) is 0 Å². The van der Waals surface area contributed by atoms with Gasteiger partial charge >= 0.3 is 0 Å². The largest absolute Gasteiger partial charge is 0.504 e. The van der Waals surface area contributed by atoms with Gasteiger partial charge in [0.25, 0.3) is 10.1 Å². The van der Waals surface area contributed by atoms with Crippen molar-refractivity contribution >= 4 is 10.1 Å². The van der Waals surface area contributed by atoms with Crippen LogP contribution >= 0.6 is 0 Å². The highest BCUT2D eigenvalue weighted by Gasteiger charge is 2.14. The normalized spacial score (nSPS) is 11.4. The fourth-order valence-electron chi connectivity index (χ4n) is 2.62. The van der Waals surface area contributed by atoms with Gasteiger partial charge in [-0.15, -0.1) is 0 Å². The van der Waals surface area contributed by atoms with Crippen molar-refractivity contribution in [3.05, 3.63) is 48.0 Å². The van der Waals surface area contributed by atoms with Crippen molar-refractivity contribution in [1.29, 1.82) is 0 Å². The summed E-state index contributed by atoms with van der Waals surface area (Å²) in [5, 5.41) is 10.1. The molecule has 0 aromatic heterocycles. The molecule has 0 aliphatic rings. The number of aryl methyl sites for hydroxylation is 1. The van der Waals surface area contributed by atoms with E-state index in [1.165, 1.54) is 43.5 Å². The van der Waals surface area contributed by atoms with E-state index >= 15 is 0 Å². The minimum atomic E-state index is -4.30. The highest BCUT2D eigenvalue weighted by Crippen LogP contribution is 2.35. The molecule has 0 heterocycles. The maximum absolute atomic E-state index is 11.2. The molecule has 0 radical (unpaired) electrons. The molecule has 0 saturated heterocycles. The maximum atomic E-state index is 11.2. The SMILES string of the molecule is CCCCCCCc1cccc(O)c1Oc1cccc(S(=O)(=O)O)c1. The smallest absolute Gasteiger partial charge is 0.294 e. The number of ether oxygens (including phenoxy) is 1. The van der Waals surface area contributed by atoms with Crippen LogP contribution in [0.25, 0.3) is 0 Å². The van der Waals surface area contributed by atoms with Crippen molar-refractivity contribution < 1.29 is 22.8 Å². The van der Waals surface area contributed by atoms with E-state index < -0.39 is 10.1 Å². The van der Waals surface area contributed by atoms with Crippen LogP contribution in [-0.2, 0) is 16.5 Å². The van der Waals surface area contributed by atoms with E-state index in [0.717, 1.165) is 24.8 Å². The molecule has 0 amide bonds. The summed E-state index contributed by atoms with van der Waals surface area (Å²) in [4.78, 5) is -0.249. The Labute approximate surface area is 149 Å². The molecule has 0 atom stereocenters. The van der Waals surface area contributed by atoms with Crippen LogP contribution in [0.15, 0.2) is 47.4 Å². The van der Waals surface area contributed by atoms with E-state index in [0.29, 0.717) is 5.75 Å². The van der Waals surface area contributed by atoms with Crippen LogP contribution in [0.5, 0.6) is 17.2 Å². The zero-order valence-corrected chi connectivity index (χ0v) is 15.1. The predicted octanol–water partition coefficient (Wildman–Crippen LogP) is 4.94. The fraction of sp³-hybridized carbons (Fsp3) is 0.368. The number of unbranched alkanes of at least 4 members (excludes halogenated alkanes) is 4. The summed E-state index contributed by atoms with van der Waals surface area (Å²) in [6.45, 7) is 2.17. The Morgan fingerprint density at radius 3 is 2.44 bits per heavy atom. The summed E-state index contributed by atoms with van der Waals surface area (Å²) >= 11 is 0. The number of hydrogen-bond donors (Lipinski definition) is 2. The van der Waals surface area contributed by atoms with Crippen LogP contribution in [0.4, 0.5) is 0 Å². The molecule has 0 fully saturated rings. The molecule has 25 heavy (non-hydrogen) atoms. The molecule has 0 saturated carbocycles. The number of rotatable bonds is 9. The van der Waals surface area contributed by atoms with Gasteiger partial charge in [-0.05, 0) is 36.6 Å². The summed E-state index contributed by atoms with van der Waals surface area (Å²) in [6, 6.07) is 10.7. The first-order chi connectivity index (χ1) is 11.9. The van der Waals surface area contributed by atoms with E-state index in [1.54, 1.807) is 12.1 Å². The third kappa shape index (κ3) is 5.76. The molecular formula is C19H24O5S. The summed E-state index contributed by atoms with van der Waals surface area (Å²) in [7, 11) is -4.30. The lowest BCUT2D eigenvalue weighted by molar-refractivity contribution is 0.405. The van der Waals surface area contributed by atoms with Crippen LogP contribution in [0.3, 0.4) is 0 Å². The van der Waals surface area contributed by atoms with Crippen LogP contribution < -0.4 is 4.74 Å². The standard InChI is InChI=1S/C19H24O5S/c1-2-3-4-5-6-9-15-10-7-13-18(20)19(15)24-16-11-8-12-17(14-16)25(21,22)23/h7-8,10-14,20H,2-6,9H2,1H3,(H,21,22,23). The number of phenols is 1. The predicted molar refractivity (Wildman–Crippen MR) is 96.9 cm³/mol. The summed E-state index contributed by atoms with van der Waals surface area (Å²) in [5.41, 5.74) is 0.869. The van der Waals surface area contributed by atoms with Crippen molar-refractivity contribution in [2.24, 2.45) is 0 Å². The molecule has 6 heteroatoms. The van der Waals surface area contributed by atoms with Crippen LogP contribution in [-0.4, -0.2) is 18.1 Å². The zero-order valence-electron chi connectivity index (χ0n) is 14.3. The maximum Gasteiger partial charge on any atom is 0.294 e. The molecule has 0 aliphatic carbocycles. The van der Waals surface area contributed by atoms with Crippen molar-refractivity contribution in [2.75, 3.05) is 0 Å². The van der Waals surface area contributed by atoms with Gasteiger partial charge < -0.3 is 9.84 Å². The third-order valence-electron chi connectivity index (χ3n) is 3.95. The number of phenolic OH excluding ortho intramolecular Hbond substituents is 1. The second-order valence-corrected chi connectivity index (χ2v) is 7.40. The van der Waals surface area contributed by atoms with E-state index in [9.17, 15) is 13.5 Å². The monoisotopic (exact) mass is 364 g/mol. The van der Waals surface area contributed by atoms with E-state index in [1.807, 2.05) is 6.07 Å². The van der Waals surface area contributed by atoms with Crippen molar-refractivity contribution in [3.63, 3.8) is 0 Å². The van der Waals surface area contributed by atoms with Crippen molar-refractivity contribution in [1.82, 2.24) is 0 Å². The first-order valence-electron chi connectivity index (χ1n) is 8.48. The molecule has 2 rings (SSSR count). The van der Waals surface area contributed by atoms with Crippen molar-refractivity contribution in [2.45, 2.75) is 50.3 Å². The molecule has 0 aliphatic heterocycles. The molecule has 2 aromatic carbocycles. The average Bonchev–Trinajstić information content (AvgIpc) is 2.57. The van der Waals surface area contributed by atoms with Gasteiger partial charge in [0.2, 0.25) is 0 Å². The van der Waals surface area contributed by atoms with Crippen molar-refractivity contribution in [3.8, 4) is 17.2 Å². The summed E-state index contributed by atoms with van der Waals surface area (Å²) in [5.74, 6) is 0.567. The van der Waals surface area contributed by atoms with E-state index in [2.05, 4.69) is 6.92 Å². The lowest BCUT2D eigenvalue weighted by Gasteiger charge is -2.13. The van der Waals surface area contributed by atoms with Crippen LogP contribution in [0.1, 0.15) is 44.6 Å². The van der Waals surface area contributed by atoms with Gasteiger partial charge in [-0.1, -0.05) is 50.8 Å². The molecule has 136 valence electrons. The first-order valence-corrected chi connectivity index (χ1v) is 9.92. The van der Waals surface area contributed by atoms with Gasteiger partial charge in [-0.2, -0.15) is 8.42 Å². The van der Waals surface area contributed by atoms with Gasteiger partial charge in [-0.3, -0.25) is 4.55 Å². The van der Waals surface area contributed by atoms with E-state index in [4.69, 9.17) is 9.29 Å². The fourth-order valence-corrected chi connectivity index (χ4v) is 3.14. The summed E-state index contributed by atoms with van der Waals surface area (Å²) < 4.78 is 37.4. The number of hydrogen-bond acceptors (Lipinski definition) is 4. The second-order valence-electron chi connectivity index (χ2n) is 5.98.